The molecule has 4 atom stereocenters. The van der Waals surface area contributed by atoms with Gasteiger partial charge >= 0.3 is 7.12 Å². The molecule has 3 aliphatic rings. The van der Waals surface area contributed by atoms with Gasteiger partial charge in [-0.25, -0.2) is 4.39 Å². The number of allylic oxidation sites excluding steroid dienone is 2. The van der Waals surface area contributed by atoms with Crippen LogP contribution in [-0.2, 0) is 9.49 Å². The summed E-state index contributed by atoms with van der Waals surface area (Å²) in [6, 6.07) is 3.06. The molecule has 0 aromatic heterocycles. The van der Waals surface area contributed by atoms with Gasteiger partial charge in [-0.3, -0.25) is 0 Å². The lowest BCUT2D eigenvalue weighted by molar-refractivity contribution is 0.0637. The predicted molar refractivity (Wildman–Crippen MR) is 99.9 cm³/mol. The van der Waals surface area contributed by atoms with Crippen LogP contribution >= 0.6 is 23.2 Å². The molecule has 1 saturated heterocycles. The zero-order valence-corrected chi connectivity index (χ0v) is 16.0. The Kier molecular flexibility index (Phi) is 4.59. The lowest BCUT2D eigenvalue weighted by Crippen LogP contribution is -2.33. The van der Waals surface area contributed by atoms with E-state index in [0.29, 0.717) is 12.0 Å². The van der Waals surface area contributed by atoms with E-state index in [4.69, 9.17) is 32.7 Å². The highest BCUT2D eigenvalue weighted by Gasteiger charge is 2.53. The zero-order valence-electron chi connectivity index (χ0n) is 14.5. The SMILES string of the molecule is CC1(C)OB(O)C2C=CC(C3=NO[C@H](c4cc(Cl)c(F)c(Cl)c4)C3)CC21. The number of oxime groups is 1. The Bertz CT molecular complexity index is 778. The molecule has 1 aromatic rings. The summed E-state index contributed by atoms with van der Waals surface area (Å²) in [4.78, 5) is 5.57. The predicted octanol–water partition coefficient (Wildman–Crippen LogP) is 4.80. The average molecular weight is 398 g/mol. The van der Waals surface area contributed by atoms with Crippen molar-refractivity contribution in [3.05, 3.63) is 45.7 Å². The summed E-state index contributed by atoms with van der Waals surface area (Å²) in [5.41, 5.74) is 1.25. The van der Waals surface area contributed by atoms with Crippen molar-refractivity contribution < 1.29 is 18.9 Å². The van der Waals surface area contributed by atoms with Gasteiger partial charge in [0.15, 0.2) is 11.9 Å². The van der Waals surface area contributed by atoms with E-state index in [2.05, 4.69) is 11.2 Å². The molecule has 1 aliphatic carbocycles. The standard InChI is InChI=1S/C18H19BCl2FNO3/c1-18(2)11-5-9(3-4-12(11)19(24)26-18)15-8-16(25-23-15)10-6-13(20)17(22)14(21)7-10/h3-4,6-7,9,11-12,16,24H,5,8H2,1-2H3/t9?,11?,12?,16-/m0/s1. The molecular formula is C18H19BCl2FNO3. The van der Waals surface area contributed by atoms with Crippen molar-refractivity contribution in [2.75, 3.05) is 0 Å². The van der Waals surface area contributed by atoms with E-state index in [9.17, 15) is 9.41 Å². The van der Waals surface area contributed by atoms with Crippen LogP contribution in [0.1, 0.15) is 38.4 Å². The number of rotatable bonds is 2. The van der Waals surface area contributed by atoms with Crippen molar-refractivity contribution in [2.24, 2.45) is 17.0 Å². The molecule has 0 bridgehead atoms. The molecule has 0 spiro atoms. The Morgan fingerprint density at radius 2 is 1.96 bits per heavy atom. The van der Waals surface area contributed by atoms with Gasteiger partial charge in [-0.15, -0.1) is 0 Å². The molecular weight excluding hydrogens is 379 g/mol. The van der Waals surface area contributed by atoms with Gasteiger partial charge < -0.3 is 14.5 Å². The summed E-state index contributed by atoms with van der Waals surface area (Å²) in [5, 5.41) is 14.3. The maximum Gasteiger partial charge on any atom is 0.462 e. The van der Waals surface area contributed by atoms with Crippen molar-refractivity contribution in [3.63, 3.8) is 0 Å². The van der Waals surface area contributed by atoms with E-state index >= 15 is 0 Å². The molecule has 4 nitrogen and oxygen atoms in total. The molecule has 4 rings (SSSR count). The van der Waals surface area contributed by atoms with Crippen LogP contribution in [0.3, 0.4) is 0 Å². The first-order chi connectivity index (χ1) is 12.3. The van der Waals surface area contributed by atoms with Gasteiger partial charge in [0.1, 0.15) is 0 Å². The minimum atomic E-state index is -0.759. The molecule has 2 aliphatic heterocycles. The molecule has 26 heavy (non-hydrogen) atoms. The molecule has 2 heterocycles. The van der Waals surface area contributed by atoms with Crippen molar-refractivity contribution in [3.8, 4) is 0 Å². The first kappa shape index (κ1) is 18.3. The first-order valence-corrected chi connectivity index (χ1v) is 9.43. The second-order valence-corrected chi connectivity index (χ2v) is 8.52. The van der Waals surface area contributed by atoms with Gasteiger partial charge in [-0.05, 0) is 43.9 Å². The van der Waals surface area contributed by atoms with Crippen molar-refractivity contribution >= 4 is 36.0 Å². The number of halogens is 3. The maximum absolute atomic E-state index is 13.6. The maximum atomic E-state index is 13.6. The molecule has 1 N–H and O–H groups in total. The second-order valence-electron chi connectivity index (χ2n) is 7.70. The minimum Gasteiger partial charge on any atom is -0.427 e. The topological polar surface area (TPSA) is 51.0 Å². The smallest absolute Gasteiger partial charge is 0.427 e. The van der Waals surface area contributed by atoms with Crippen LogP contribution in [0.5, 0.6) is 0 Å². The van der Waals surface area contributed by atoms with Gasteiger partial charge in [0.25, 0.3) is 0 Å². The number of nitrogens with zero attached hydrogens (tertiary/aromatic N) is 1. The number of hydrogen-bond donors (Lipinski definition) is 1. The monoisotopic (exact) mass is 397 g/mol. The summed E-state index contributed by atoms with van der Waals surface area (Å²) < 4.78 is 19.3. The third-order valence-corrected chi connectivity index (χ3v) is 6.23. The fourth-order valence-corrected chi connectivity index (χ4v) is 4.73. The van der Waals surface area contributed by atoms with Crippen LogP contribution in [0.4, 0.5) is 4.39 Å². The third kappa shape index (κ3) is 3.07. The number of fused-ring (bicyclic) bond motifs is 1. The third-order valence-electron chi connectivity index (χ3n) is 5.68. The van der Waals surface area contributed by atoms with Crippen LogP contribution in [0.15, 0.2) is 29.4 Å². The van der Waals surface area contributed by atoms with E-state index in [1.807, 2.05) is 19.9 Å². The molecule has 0 radical (unpaired) electrons. The van der Waals surface area contributed by atoms with Gasteiger partial charge in [0.2, 0.25) is 0 Å². The van der Waals surface area contributed by atoms with E-state index in [0.717, 1.165) is 12.1 Å². The Labute approximate surface area is 162 Å². The minimum absolute atomic E-state index is 0.00896. The van der Waals surface area contributed by atoms with Gasteiger partial charge in [-0.2, -0.15) is 0 Å². The van der Waals surface area contributed by atoms with E-state index in [1.165, 1.54) is 12.1 Å². The Morgan fingerprint density at radius 3 is 2.65 bits per heavy atom. The van der Waals surface area contributed by atoms with Crippen LogP contribution in [0.25, 0.3) is 0 Å². The molecule has 0 saturated carbocycles. The van der Waals surface area contributed by atoms with Crippen LogP contribution in [0.2, 0.25) is 15.9 Å². The van der Waals surface area contributed by atoms with Gasteiger partial charge in [0.05, 0.1) is 21.4 Å². The van der Waals surface area contributed by atoms with E-state index in [-0.39, 0.29) is 39.4 Å². The highest BCUT2D eigenvalue weighted by atomic mass is 35.5. The lowest BCUT2D eigenvalue weighted by atomic mass is 9.61. The van der Waals surface area contributed by atoms with Crippen molar-refractivity contribution in [1.82, 2.24) is 0 Å². The lowest BCUT2D eigenvalue weighted by Gasteiger charge is -2.33. The van der Waals surface area contributed by atoms with Gasteiger partial charge in [0, 0.05) is 18.2 Å². The summed E-state index contributed by atoms with van der Waals surface area (Å²) in [6.45, 7) is 4.02. The van der Waals surface area contributed by atoms with Crippen LogP contribution in [0, 0.1) is 17.7 Å². The summed E-state index contributed by atoms with van der Waals surface area (Å²) in [5.74, 6) is -0.279. The molecule has 138 valence electrons. The van der Waals surface area contributed by atoms with Crippen molar-refractivity contribution in [2.45, 2.75) is 44.2 Å². The molecule has 1 fully saturated rings. The van der Waals surface area contributed by atoms with E-state index < -0.39 is 12.9 Å². The fraction of sp³-hybridized carbons (Fsp3) is 0.500. The molecule has 8 heteroatoms. The van der Waals surface area contributed by atoms with Gasteiger partial charge in [-0.1, -0.05) is 40.5 Å². The number of benzene rings is 1. The fourth-order valence-electron chi connectivity index (χ4n) is 4.23. The molecule has 0 amide bonds. The largest absolute Gasteiger partial charge is 0.462 e. The zero-order chi connectivity index (χ0) is 18.6. The highest BCUT2D eigenvalue weighted by Crippen LogP contribution is 2.49. The van der Waals surface area contributed by atoms with Crippen molar-refractivity contribution in [1.29, 1.82) is 0 Å². The quantitative estimate of drug-likeness (QED) is 0.443. The highest BCUT2D eigenvalue weighted by molar-refractivity contribution is 6.46. The number of hydrogen-bond acceptors (Lipinski definition) is 4. The molecule has 3 unspecified atom stereocenters. The first-order valence-electron chi connectivity index (χ1n) is 8.67. The Morgan fingerprint density at radius 1 is 1.27 bits per heavy atom. The summed E-state index contributed by atoms with van der Waals surface area (Å²) >= 11 is 11.8. The summed E-state index contributed by atoms with van der Waals surface area (Å²) in [6.07, 6.45) is 5.20. The van der Waals surface area contributed by atoms with Crippen LogP contribution in [-0.4, -0.2) is 23.5 Å². The summed E-state index contributed by atoms with van der Waals surface area (Å²) in [7, 11) is -0.759. The molecule has 1 aromatic carbocycles. The Hall–Kier alpha value is -1.08. The van der Waals surface area contributed by atoms with Crippen LogP contribution < -0.4 is 0 Å². The van der Waals surface area contributed by atoms with E-state index in [1.54, 1.807) is 0 Å². The average Bonchev–Trinajstić information content (AvgIpc) is 3.16. The second kappa shape index (κ2) is 6.52. The normalized spacial score (nSPS) is 32.4. The Balaban J connectivity index is 1.50.